The summed E-state index contributed by atoms with van der Waals surface area (Å²) in [7, 11) is 1.94. The number of rotatable bonds is 3. The van der Waals surface area contributed by atoms with Crippen LogP contribution in [0.25, 0.3) is 10.2 Å². The third-order valence-corrected chi connectivity index (χ3v) is 6.37. The third kappa shape index (κ3) is 2.59. The standard InChI is InChI=1S/C16H20ClN3OS/c1-20(17)10-5-7-11(8-6-10)21-15-14-12-3-2-4-13(12)22-16(14)19-9-18-15/h9-11H,2-8H2,1H3/t10-,11-. The van der Waals surface area contributed by atoms with Crippen LogP contribution in [-0.2, 0) is 12.8 Å². The normalized spacial score (nSPS) is 24.9. The smallest absolute Gasteiger partial charge is 0.225 e. The molecule has 2 aliphatic rings. The summed E-state index contributed by atoms with van der Waals surface area (Å²) < 4.78 is 8.08. The molecule has 4 nitrogen and oxygen atoms in total. The summed E-state index contributed by atoms with van der Waals surface area (Å²) in [5.74, 6) is 0.798. The number of hydrogen-bond donors (Lipinski definition) is 0. The first-order valence-corrected chi connectivity index (χ1v) is 9.18. The molecule has 0 N–H and O–H groups in total. The van der Waals surface area contributed by atoms with E-state index in [1.54, 1.807) is 6.33 Å². The van der Waals surface area contributed by atoms with Gasteiger partial charge in [0.2, 0.25) is 5.88 Å². The van der Waals surface area contributed by atoms with Crippen molar-refractivity contribution in [2.75, 3.05) is 7.05 Å². The van der Waals surface area contributed by atoms with Gasteiger partial charge in [-0.15, -0.1) is 11.3 Å². The van der Waals surface area contributed by atoms with Crippen LogP contribution in [0.15, 0.2) is 6.33 Å². The van der Waals surface area contributed by atoms with Crippen molar-refractivity contribution >= 4 is 33.3 Å². The number of hydrogen-bond acceptors (Lipinski definition) is 5. The van der Waals surface area contributed by atoms with E-state index >= 15 is 0 Å². The lowest BCUT2D eigenvalue weighted by atomic mass is 9.93. The van der Waals surface area contributed by atoms with Crippen LogP contribution in [0.3, 0.4) is 0 Å². The number of aryl methyl sites for hydroxylation is 2. The van der Waals surface area contributed by atoms with Gasteiger partial charge < -0.3 is 4.74 Å². The Morgan fingerprint density at radius 3 is 2.82 bits per heavy atom. The zero-order valence-electron chi connectivity index (χ0n) is 12.7. The summed E-state index contributed by atoms with van der Waals surface area (Å²) in [5, 5.41) is 1.18. The molecule has 118 valence electrons. The second kappa shape index (κ2) is 5.95. The van der Waals surface area contributed by atoms with Crippen LogP contribution in [0, 0.1) is 0 Å². The van der Waals surface area contributed by atoms with Crippen molar-refractivity contribution in [1.29, 1.82) is 0 Å². The van der Waals surface area contributed by atoms with E-state index in [0.717, 1.165) is 42.8 Å². The van der Waals surface area contributed by atoms with Crippen LogP contribution in [-0.4, -0.2) is 33.6 Å². The Bertz CT molecular complexity index is 679. The molecule has 2 aromatic heterocycles. The fraction of sp³-hybridized carbons (Fsp3) is 0.625. The van der Waals surface area contributed by atoms with Gasteiger partial charge in [0, 0.05) is 18.0 Å². The molecular formula is C16H20ClN3OS. The summed E-state index contributed by atoms with van der Waals surface area (Å²) >= 11 is 7.88. The molecule has 0 radical (unpaired) electrons. The van der Waals surface area contributed by atoms with Crippen molar-refractivity contribution in [3.63, 3.8) is 0 Å². The Morgan fingerprint density at radius 1 is 1.23 bits per heavy atom. The van der Waals surface area contributed by atoms with Crippen LogP contribution >= 0.6 is 23.1 Å². The molecule has 0 amide bonds. The highest BCUT2D eigenvalue weighted by Crippen LogP contribution is 2.40. The Kier molecular flexibility index (Phi) is 3.96. The zero-order chi connectivity index (χ0) is 15.1. The molecule has 0 aromatic carbocycles. The maximum absolute atomic E-state index is 6.27. The molecule has 2 aliphatic carbocycles. The summed E-state index contributed by atoms with van der Waals surface area (Å²) in [6, 6.07) is 0.470. The molecule has 0 saturated heterocycles. The predicted molar refractivity (Wildman–Crippen MR) is 89.7 cm³/mol. The lowest BCUT2D eigenvalue weighted by Gasteiger charge is -2.31. The molecule has 22 heavy (non-hydrogen) atoms. The minimum absolute atomic E-state index is 0.253. The van der Waals surface area contributed by atoms with E-state index in [2.05, 4.69) is 9.97 Å². The lowest BCUT2D eigenvalue weighted by Crippen LogP contribution is -2.33. The third-order valence-electron chi connectivity index (χ3n) is 4.89. The van der Waals surface area contributed by atoms with E-state index < -0.39 is 0 Å². The lowest BCUT2D eigenvalue weighted by molar-refractivity contribution is 0.123. The molecule has 6 heteroatoms. The Balaban J connectivity index is 1.55. The van der Waals surface area contributed by atoms with Gasteiger partial charge in [-0.2, -0.15) is 0 Å². The molecule has 4 rings (SSSR count). The summed E-state index contributed by atoms with van der Waals surface area (Å²) in [6.45, 7) is 0. The Hall–Kier alpha value is -0.910. The van der Waals surface area contributed by atoms with Gasteiger partial charge in [0.15, 0.2) is 0 Å². The van der Waals surface area contributed by atoms with Gasteiger partial charge in [-0.05, 0) is 62.3 Å². The molecule has 1 saturated carbocycles. The van der Waals surface area contributed by atoms with Gasteiger partial charge in [0.1, 0.15) is 17.3 Å². The van der Waals surface area contributed by atoms with Crippen LogP contribution in [0.2, 0.25) is 0 Å². The first-order valence-electron chi connectivity index (χ1n) is 8.03. The highest BCUT2D eigenvalue weighted by atomic mass is 35.5. The van der Waals surface area contributed by atoms with Gasteiger partial charge in [0.05, 0.1) is 5.39 Å². The van der Waals surface area contributed by atoms with E-state index in [-0.39, 0.29) is 6.10 Å². The molecule has 0 aliphatic heterocycles. The van der Waals surface area contributed by atoms with E-state index in [1.165, 1.54) is 28.7 Å². The average molecular weight is 338 g/mol. The van der Waals surface area contributed by atoms with Crippen molar-refractivity contribution in [3.05, 3.63) is 16.8 Å². The first-order chi connectivity index (χ1) is 10.7. The second-order valence-electron chi connectivity index (χ2n) is 6.29. The number of thiophene rings is 1. The van der Waals surface area contributed by atoms with Gasteiger partial charge in [0.25, 0.3) is 0 Å². The Labute approximate surface area is 139 Å². The van der Waals surface area contributed by atoms with Crippen molar-refractivity contribution in [2.45, 2.75) is 57.1 Å². The molecule has 2 aromatic rings. The molecule has 0 unspecified atom stereocenters. The van der Waals surface area contributed by atoms with Crippen molar-refractivity contribution in [3.8, 4) is 5.88 Å². The van der Waals surface area contributed by atoms with Crippen molar-refractivity contribution < 1.29 is 4.74 Å². The van der Waals surface area contributed by atoms with E-state index in [1.807, 2.05) is 22.8 Å². The highest BCUT2D eigenvalue weighted by molar-refractivity contribution is 7.18. The van der Waals surface area contributed by atoms with Gasteiger partial charge in [-0.25, -0.2) is 14.4 Å². The van der Waals surface area contributed by atoms with E-state index in [0.29, 0.717) is 6.04 Å². The number of aromatic nitrogens is 2. The number of fused-ring (bicyclic) bond motifs is 3. The summed E-state index contributed by atoms with van der Waals surface area (Å²) in [4.78, 5) is 11.4. The molecule has 1 fully saturated rings. The predicted octanol–water partition coefficient (Wildman–Crippen LogP) is 3.96. The highest BCUT2D eigenvalue weighted by Gasteiger charge is 2.27. The second-order valence-corrected chi connectivity index (χ2v) is 7.91. The fourth-order valence-corrected chi connectivity index (χ4v) is 5.08. The van der Waals surface area contributed by atoms with Gasteiger partial charge in [-0.3, -0.25) is 0 Å². The quantitative estimate of drug-likeness (QED) is 0.795. The van der Waals surface area contributed by atoms with Crippen LogP contribution < -0.4 is 4.74 Å². The van der Waals surface area contributed by atoms with Crippen LogP contribution in [0.1, 0.15) is 42.5 Å². The van der Waals surface area contributed by atoms with Crippen molar-refractivity contribution in [2.24, 2.45) is 0 Å². The van der Waals surface area contributed by atoms with E-state index in [9.17, 15) is 0 Å². The van der Waals surface area contributed by atoms with Crippen molar-refractivity contribution in [1.82, 2.24) is 14.4 Å². The number of nitrogens with zero attached hydrogens (tertiary/aromatic N) is 3. The molecule has 0 atom stereocenters. The molecule has 2 heterocycles. The number of ether oxygens (including phenoxy) is 1. The zero-order valence-corrected chi connectivity index (χ0v) is 14.3. The fourth-order valence-electron chi connectivity index (χ4n) is 3.67. The largest absolute Gasteiger partial charge is 0.474 e. The minimum Gasteiger partial charge on any atom is -0.474 e. The average Bonchev–Trinajstić information content (AvgIpc) is 3.08. The first kappa shape index (κ1) is 14.7. The van der Waals surface area contributed by atoms with Gasteiger partial charge in [-0.1, -0.05) is 0 Å². The van der Waals surface area contributed by atoms with Crippen LogP contribution in [0.4, 0.5) is 0 Å². The number of halogens is 1. The molecule has 0 spiro atoms. The van der Waals surface area contributed by atoms with Crippen LogP contribution in [0.5, 0.6) is 5.88 Å². The maximum atomic E-state index is 6.27. The topological polar surface area (TPSA) is 38.2 Å². The SMILES string of the molecule is CN(Cl)[C@H]1CC[C@H](Oc2ncnc3sc4c(c23)CCC4)CC1. The van der Waals surface area contributed by atoms with E-state index in [4.69, 9.17) is 16.5 Å². The maximum Gasteiger partial charge on any atom is 0.225 e. The minimum atomic E-state index is 0.253. The monoisotopic (exact) mass is 337 g/mol. The Morgan fingerprint density at radius 2 is 2.05 bits per heavy atom. The molecule has 0 bridgehead atoms. The summed E-state index contributed by atoms with van der Waals surface area (Å²) in [5.41, 5.74) is 1.43. The summed E-state index contributed by atoms with van der Waals surface area (Å²) in [6.07, 6.45) is 9.72. The molecular weight excluding hydrogens is 318 g/mol. The van der Waals surface area contributed by atoms with Gasteiger partial charge >= 0.3 is 0 Å².